The van der Waals surface area contributed by atoms with Crippen molar-refractivity contribution in [3.63, 3.8) is 0 Å². The van der Waals surface area contributed by atoms with Gasteiger partial charge in [-0.25, -0.2) is 4.98 Å². The van der Waals surface area contributed by atoms with Crippen LogP contribution in [0.3, 0.4) is 0 Å². The maximum Gasteiger partial charge on any atom is 0.224 e. The molecule has 0 fully saturated rings. The number of nitrogens with zero attached hydrogens (tertiary/aromatic N) is 2. The molecular formula is C19H30Cl2N4O. The van der Waals surface area contributed by atoms with Gasteiger partial charge >= 0.3 is 0 Å². The van der Waals surface area contributed by atoms with Crippen molar-refractivity contribution in [2.45, 2.75) is 64.3 Å². The predicted octanol–water partition coefficient (Wildman–Crippen LogP) is 4.45. The van der Waals surface area contributed by atoms with Crippen LogP contribution in [-0.2, 0) is 17.8 Å². The SMILES string of the molecule is Cl.Cl.NCCCCCCC(=O)Nc1ccc2c(c1)nc1n2CCCCC1. The van der Waals surface area contributed by atoms with Crippen LogP contribution in [0.2, 0.25) is 0 Å². The molecule has 0 saturated heterocycles. The Morgan fingerprint density at radius 1 is 1.12 bits per heavy atom. The van der Waals surface area contributed by atoms with Crippen LogP contribution in [0.25, 0.3) is 11.0 Å². The molecule has 0 spiro atoms. The Kier molecular flexibility index (Phi) is 9.99. The van der Waals surface area contributed by atoms with Crippen LogP contribution in [0.1, 0.15) is 57.2 Å². The molecule has 2 aromatic rings. The third-order valence-corrected chi connectivity index (χ3v) is 4.75. The van der Waals surface area contributed by atoms with E-state index in [9.17, 15) is 4.79 Å². The number of benzene rings is 1. The molecule has 0 unspecified atom stereocenters. The van der Waals surface area contributed by atoms with E-state index in [0.29, 0.717) is 6.42 Å². The van der Waals surface area contributed by atoms with Gasteiger partial charge in [0.25, 0.3) is 0 Å². The van der Waals surface area contributed by atoms with E-state index in [-0.39, 0.29) is 30.7 Å². The van der Waals surface area contributed by atoms with Crippen molar-refractivity contribution in [1.82, 2.24) is 9.55 Å². The van der Waals surface area contributed by atoms with E-state index in [1.165, 1.54) is 30.6 Å². The van der Waals surface area contributed by atoms with Gasteiger partial charge in [-0.3, -0.25) is 4.79 Å². The van der Waals surface area contributed by atoms with Gasteiger partial charge in [-0.05, 0) is 50.4 Å². The first-order valence-electron chi connectivity index (χ1n) is 9.27. The average molecular weight is 401 g/mol. The highest BCUT2D eigenvalue weighted by Gasteiger charge is 2.14. The molecule has 0 aliphatic carbocycles. The first-order chi connectivity index (χ1) is 11.8. The zero-order valence-electron chi connectivity index (χ0n) is 15.2. The summed E-state index contributed by atoms with van der Waals surface area (Å²) in [4.78, 5) is 16.8. The maximum atomic E-state index is 12.1. The smallest absolute Gasteiger partial charge is 0.224 e. The number of hydrogen-bond acceptors (Lipinski definition) is 3. The van der Waals surface area contributed by atoms with Gasteiger partial charge in [-0.1, -0.05) is 19.3 Å². The molecule has 5 nitrogen and oxygen atoms in total. The molecule has 0 atom stereocenters. The molecule has 0 radical (unpaired) electrons. The molecule has 3 rings (SSSR count). The second kappa shape index (κ2) is 11.4. The lowest BCUT2D eigenvalue weighted by molar-refractivity contribution is -0.116. The van der Waals surface area contributed by atoms with Gasteiger partial charge in [0.2, 0.25) is 5.91 Å². The second-order valence-corrected chi connectivity index (χ2v) is 6.69. The summed E-state index contributed by atoms with van der Waals surface area (Å²) in [6, 6.07) is 6.09. The highest BCUT2D eigenvalue weighted by Crippen LogP contribution is 2.24. The number of nitrogens with one attached hydrogen (secondary N) is 1. The number of aromatic nitrogens is 2. The molecule has 3 N–H and O–H groups in total. The minimum absolute atomic E-state index is 0. The third-order valence-electron chi connectivity index (χ3n) is 4.75. The monoisotopic (exact) mass is 400 g/mol. The van der Waals surface area contributed by atoms with Gasteiger partial charge in [0, 0.05) is 25.1 Å². The van der Waals surface area contributed by atoms with Crippen LogP contribution >= 0.6 is 24.8 Å². The molecule has 26 heavy (non-hydrogen) atoms. The normalized spacial score (nSPS) is 13.3. The van der Waals surface area contributed by atoms with E-state index >= 15 is 0 Å². The molecule has 1 aromatic heterocycles. The van der Waals surface area contributed by atoms with Crippen molar-refractivity contribution in [3.8, 4) is 0 Å². The molecule has 1 amide bonds. The third kappa shape index (κ3) is 5.86. The standard InChI is InChI=1S/C19H28N4O.2ClH/c20-12-6-2-1-5-9-19(24)21-15-10-11-17-16(14-15)22-18-8-4-3-7-13-23(17)18;;/h10-11,14H,1-9,12-13,20H2,(H,21,24);2*1H. The molecule has 0 saturated carbocycles. The van der Waals surface area contributed by atoms with Crippen LogP contribution in [0.15, 0.2) is 18.2 Å². The van der Waals surface area contributed by atoms with Crippen molar-refractivity contribution in [1.29, 1.82) is 0 Å². The summed E-state index contributed by atoms with van der Waals surface area (Å²) in [6.45, 7) is 1.79. The van der Waals surface area contributed by atoms with Gasteiger partial charge in [0.1, 0.15) is 5.82 Å². The van der Waals surface area contributed by atoms with Crippen LogP contribution in [0.5, 0.6) is 0 Å². The summed E-state index contributed by atoms with van der Waals surface area (Å²) in [6.07, 6.45) is 9.49. The van der Waals surface area contributed by atoms with E-state index in [1.54, 1.807) is 0 Å². The van der Waals surface area contributed by atoms with Crippen molar-refractivity contribution >= 4 is 47.4 Å². The lowest BCUT2D eigenvalue weighted by atomic mass is 10.1. The van der Waals surface area contributed by atoms with Crippen LogP contribution in [0.4, 0.5) is 5.69 Å². The lowest BCUT2D eigenvalue weighted by Gasteiger charge is -2.07. The van der Waals surface area contributed by atoms with E-state index in [2.05, 4.69) is 16.0 Å². The second-order valence-electron chi connectivity index (χ2n) is 6.69. The van der Waals surface area contributed by atoms with E-state index in [1.807, 2.05) is 12.1 Å². The number of carbonyl (C=O) groups excluding carboxylic acids is 1. The Balaban J connectivity index is 0.00000169. The van der Waals surface area contributed by atoms with Gasteiger partial charge < -0.3 is 15.6 Å². The average Bonchev–Trinajstić information content (AvgIpc) is 2.75. The number of anilines is 1. The molecule has 0 bridgehead atoms. The Labute approximate surface area is 167 Å². The summed E-state index contributed by atoms with van der Waals surface area (Å²) in [5, 5.41) is 3.00. The number of rotatable bonds is 7. The minimum atomic E-state index is 0. The summed E-state index contributed by atoms with van der Waals surface area (Å²) >= 11 is 0. The fraction of sp³-hybridized carbons (Fsp3) is 0.579. The van der Waals surface area contributed by atoms with Gasteiger partial charge in [0.15, 0.2) is 0 Å². The topological polar surface area (TPSA) is 72.9 Å². The largest absolute Gasteiger partial charge is 0.330 e. The highest BCUT2D eigenvalue weighted by atomic mass is 35.5. The minimum Gasteiger partial charge on any atom is -0.330 e. The summed E-state index contributed by atoms with van der Waals surface area (Å²) in [5.41, 5.74) is 8.51. The van der Waals surface area contributed by atoms with E-state index < -0.39 is 0 Å². The fourth-order valence-electron chi connectivity index (χ4n) is 3.43. The number of aryl methyl sites for hydroxylation is 2. The maximum absolute atomic E-state index is 12.1. The number of nitrogens with two attached hydrogens (primary N) is 1. The highest BCUT2D eigenvalue weighted by molar-refractivity contribution is 5.93. The zero-order chi connectivity index (χ0) is 16.8. The Bertz CT molecular complexity index is 702. The van der Waals surface area contributed by atoms with Crippen LogP contribution in [-0.4, -0.2) is 22.0 Å². The van der Waals surface area contributed by atoms with Gasteiger partial charge in [-0.2, -0.15) is 0 Å². The molecule has 7 heteroatoms. The van der Waals surface area contributed by atoms with Crippen molar-refractivity contribution in [2.24, 2.45) is 5.73 Å². The summed E-state index contributed by atoms with van der Waals surface area (Å²) in [7, 11) is 0. The van der Waals surface area contributed by atoms with Crippen molar-refractivity contribution in [2.75, 3.05) is 11.9 Å². The molecule has 1 aliphatic rings. The van der Waals surface area contributed by atoms with Crippen molar-refractivity contribution in [3.05, 3.63) is 24.0 Å². The predicted molar refractivity (Wildman–Crippen MR) is 113 cm³/mol. The first kappa shape index (κ1) is 22.7. The Morgan fingerprint density at radius 3 is 2.73 bits per heavy atom. The number of carbonyl (C=O) groups is 1. The fourth-order valence-corrected chi connectivity index (χ4v) is 3.43. The number of unbranched alkanes of at least 4 members (excludes halogenated alkanes) is 3. The van der Waals surface area contributed by atoms with Gasteiger partial charge in [-0.15, -0.1) is 24.8 Å². The first-order valence-corrected chi connectivity index (χ1v) is 9.27. The number of amides is 1. The zero-order valence-corrected chi connectivity index (χ0v) is 16.8. The number of fused-ring (bicyclic) bond motifs is 3. The van der Waals surface area contributed by atoms with Gasteiger partial charge in [0.05, 0.1) is 11.0 Å². The lowest BCUT2D eigenvalue weighted by Crippen LogP contribution is -2.11. The molecule has 2 heterocycles. The number of hydrogen-bond donors (Lipinski definition) is 2. The number of imidazole rings is 1. The molecule has 1 aliphatic heterocycles. The quantitative estimate of drug-likeness (QED) is 0.673. The molecule has 1 aromatic carbocycles. The molecule has 146 valence electrons. The van der Waals surface area contributed by atoms with Crippen LogP contribution < -0.4 is 11.1 Å². The summed E-state index contributed by atoms with van der Waals surface area (Å²) in [5.74, 6) is 1.27. The van der Waals surface area contributed by atoms with E-state index in [4.69, 9.17) is 10.7 Å². The van der Waals surface area contributed by atoms with Crippen LogP contribution in [0, 0.1) is 0 Å². The van der Waals surface area contributed by atoms with E-state index in [0.717, 1.165) is 56.4 Å². The molecular weight excluding hydrogens is 371 g/mol. The Morgan fingerprint density at radius 2 is 1.92 bits per heavy atom. The summed E-state index contributed by atoms with van der Waals surface area (Å²) < 4.78 is 2.34. The van der Waals surface area contributed by atoms with Crippen molar-refractivity contribution < 1.29 is 4.79 Å². The Hall–Kier alpha value is -1.30. The number of halogens is 2.